The third-order valence-electron chi connectivity index (χ3n) is 7.12. The largest absolute Gasteiger partial charge is 0.490 e. The summed E-state index contributed by atoms with van der Waals surface area (Å²) in [5.74, 6) is 1.05. The van der Waals surface area contributed by atoms with E-state index >= 15 is 0 Å². The molecular formula is C32H33NO5. The number of rotatable bonds is 9. The first-order valence-corrected chi connectivity index (χ1v) is 13.2. The van der Waals surface area contributed by atoms with Crippen molar-refractivity contribution in [2.45, 2.75) is 53.1 Å². The number of benzene rings is 3. The number of aryl methyl sites for hydroxylation is 2. The van der Waals surface area contributed by atoms with Crippen LogP contribution in [0.2, 0.25) is 0 Å². The summed E-state index contributed by atoms with van der Waals surface area (Å²) in [6.07, 6.45) is 1.97. The van der Waals surface area contributed by atoms with Crippen LogP contribution in [-0.4, -0.2) is 24.0 Å². The molecule has 1 unspecified atom stereocenters. The molecule has 6 heteroatoms. The molecule has 0 N–H and O–H groups in total. The number of hydrogen-bond acceptors (Lipinski definition) is 5. The Kier molecular flexibility index (Phi) is 7.23. The molecule has 1 aliphatic heterocycles. The lowest BCUT2D eigenvalue weighted by Gasteiger charge is -2.26. The molecule has 2 heterocycles. The van der Waals surface area contributed by atoms with Gasteiger partial charge in [0.15, 0.2) is 16.9 Å². The lowest BCUT2D eigenvalue weighted by Crippen LogP contribution is -2.29. The molecule has 1 atom stereocenters. The highest BCUT2D eigenvalue weighted by molar-refractivity contribution is 5.99. The Morgan fingerprint density at radius 1 is 0.895 bits per heavy atom. The molecule has 6 nitrogen and oxygen atoms in total. The Bertz CT molecular complexity index is 1540. The van der Waals surface area contributed by atoms with Crippen LogP contribution < -0.4 is 14.9 Å². The van der Waals surface area contributed by atoms with Crippen LogP contribution in [0.1, 0.15) is 71.1 Å². The number of nitrogens with zero attached hydrogens (tertiary/aromatic N) is 1. The third-order valence-corrected chi connectivity index (χ3v) is 7.12. The number of hydrogen-bond donors (Lipinski definition) is 0. The van der Waals surface area contributed by atoms with Crippen LogP contribution in [-0.2, 0) is 6.54 Å². The molecule has 1 aromatic heterocycles. The summed E-state index contributed by atoms with van der Waals surface area (Å²) in [4.78, 5) is 29.5. The number of carbonyl (C=O) groups is 1. The minimum absolute atomic E-state index is 0.105. The smallest absolute Gasteiger partial charge is 0.291 e. The molecule has 4 aromatic rings. The van der Waals surface area contributed by atoms with Gasteiger partial charge in [0.2, 0.25) is 5.76 Å². The zero-order valence-corrected chi connectivity index (χ0v) is 22.4. The fraction of sp³-hybridized carbons (Fsp3) is 0.312. The van der Waals surface area contributed by atoms with Gasteiger partial charge in [-0.05, 0) is 73.7 Å². The maximum absolute atomic E-state index is 14.0. The number of carbonyl (C=O) groups excluding carboxylic acids is 1. The van der Waals surface area contributed by atoms with E-state index in [2.05, 4.69) is 6.92 Å². The van der Waals surface area contributed by atoms with Crippen LogP contribution in [0.5, 0.6) is 11.5 Å². The summed E-state index contributed by atoms with van der Waals surface area (Å²) in [6, 6.07) is 18.5. The van der Waals surface area contributed by atoms with E-state index in [1.807, 2.05) is 81.4 Å². The van der Waals surface area contributed by atoms with Crippen molar-refractivity contribution in [3.8, 4) is 11.5 Å². The molecule has 0 bridgehead atoms. The summed E-state index contributed by atoms with van der Waals surface area (Å²) in [5.41, 5.74) is 4.35. The predicted octanol–water partition coefficient (Wildman–Crippen LogP) is 6.73. The Morgan fingerprint density at radius 3 is 2.39 bits per heavy atom. The fourth-order valence-corrected chi connectivity index (χ4v) is 4.97. The van der Waals surface area contributed by atoms with Gasteiger partial charge in [-0.2, -0.15) is 0 Å². The van der Waals surface area contributed by atoms with Gasteiger partial charge < -0.3 is 18.8 Å². The maximum Gasteiger partial charge on any atom is 0.291 e. The number of fused-ring (bicyclic) bond motifs is 2. The van der Waals surface area contributed by atoms with Gasteiger partial charge in [-0.1, -0.05) is 49.7 Å². The first kappa shape index (κ1) is 25.6. The van der Waals surface area contributed by atoms with Crippen molar-refractivity contribution >= 4 is 16.9 Å². The van der Waals surface area contributed by atoms with Crippen LogP contribution >= 0.6 is 0 Å². The molecule has 0 fully saturated rings. The van der Waals surface area contributed by atoms with E-state index in [0.717, 1.165) is 35.1 Å². The van der Waals surface area contributed by atoms with Gasteiger partial charge in [0, 0.05) is 6.54 Å². The molecule has 0 saturated carbocycles. The van der Waals surface area contributed by atoms with Crippen LogP contribution in [0.3, 0.4) is 0 Å². The summed E-state index contributed by atoms with van der Waals surface area (Å²) in [7, 11) is 0. The first-order valence-electron chi connectivity index (χ1n) is 13.2. The predicted molar refractivity (Wildman–Crippen MR) is 148 cm³/mol. The Labute approximate surface area is 222 Å². The lowest BCUT2D eigenvalue weighted by molar-refractivity contribution is 0.0714. The molecule has 3 aromatic carbocycles. The normalized spacial score (nSPS) is 14.7. The van der Waals surface area contributed by atoms with Gasteiger partial charge in [0.1, 0.15) is 5.58 Å². The standard InChI is InChI=1S/C32H33NO5/c1-5-7-15-37-25-14-13-23(18-27(25)36-6-2)29-28-30(34)24-16-20(3)21(4)17-26(24)38-31(28)32(35)33(29)19-22-11-9-8-10-12-22/h8-14,16-18,29H,5-7,15,19H2,1-4H3. The van der Waals surface area contributed by atoms with Gasteiger partial charge in [0.25, 0.3) is 5.91 Å². The molecule has 0 saturated heterocycles. The van der Waals surface area contributed by atoms with E-state index in [0.29, 0.717) is 47.8 Å². The van der Waals surface area contributed by atoms with Crippen LogP contribution in [0, 0.1) is 13.8 Å². The SMILES string of the molecule is CCCCOc1ccc(C2c3c(oc4cc(C)c(C)cc4c3=O)C(=O)N2Cc2ccccc2)cc1OCC. The highest BCUT2D eigenvalue weighted by Gasteiger charge is 2.43. The van der Waals surface area contributed by atoms with E-state index in [4.69, 9.17) is 13.9 Å². The van der Waals surface area contributed by atoms with Crippen molar-refractivity contribution < 1.29 is 18.7 Å². The molecule has 38 heavy (non-hydrogen) atoms. The number of unbranched alkanes of at least 4 members (excludes halogenated alkanes) is 1. The van der Waals surface area contributed by atoms with Crippen molar-refractivity contribution in [3.05, 3.63) is 104 Å². The fourth-order valence-electron chi connectivity index (χ4n) is 4.97. The summed E-state index contributed by atoms with van der Waals surface area (Å²) in [6.45, 7) is 9.36. The molecule has 0 aliphatic carbocycles. The first-order chi connectivity index (χ1) is 18.4. The van der Waals surface area contributed by atoms with Gasteiger partial charge in [0.05, 0.1) is 30.2 Å². The van der Waals surface area contributed by atoms with Crippen molar-refractivity contribution in [3.63, 3.8) is 0 Å². The van der Waals surface area contributed by atoms with Gasteiger partial charge >= 0.3 is 0 Å². The van der Waals surface area contributed by atoms with Crippen LogP contribution in [0.25, 0.3) is 11.0 Å². The van der Waals surface area contributed by atoms with Gasteiger partial charge in [-0.25, -0.2) is 0 Å². The molecule has 0 radical (unpaired) electrons. The van der Waals surface area contributed by atoms with E-state index < -0.39 is 6.04 Å². The van der Waals surface area contributed by atoms with Gasteiger partial charge in [-0.3, -0.25) is 9.59 Å². The second-order valence-corrected chi connectivity index (χ2v) is 9.77. The van der Waals surface area contributed by atoms with Crippen LogP contribution in [0.4, 0.5) is 0 Å². The molecular weight excluding hydrogens is 478 g/mol. The zero-order chi connectivity index (χ0) is 26.8. The van der Waals surface area contributed by atoms with Crippen molar-refractivity contribution in [1.82, 2.24) is 4.90 Å². The summed E-state index contributed by atoms with van der Waals surface area (Å²) < 4.78 is 18.1. The lowest BCUT2D eigenvalue weighted by atomic mass is 9.97. The average molecular weight is 512 g/mol. The minimum atomic E-state index is -0.621. The third kappa shape index (κ3) is 4.67. The molecule has 5 rings (SSSR count). The Balaban J connectivity index is 1.68. The highest BCUT2D eigenvalue weighted by Crippen LogP contribution is 2.42. The summed E-state index contributed by atoms with van der Waals surface area (Å²) >= 11 is 0. The summed E-state index contributed by atoms with van der Waals surface area (Å²) in [5, 5.41) is 0.482. The second kappa shape index (κ2) is 10.7. The average Bonchev–Trinajstić information content (AvgIpc) is 3.18. The molecule has 1 amide bonds. The monoisotopic (exact) mass is 511 g/mol. The van der Waals surface area contributed by atoms with Crippen molar-refractivity contribution in [1.29, 1.82) is 0 Å². The Morgan fingerprint density at radius 2 is 1.66 bits per heavy atom. The molecule has 1 aliphatic rings. The van der Waals surface area contributed by atoms with Gasteiger partial charge in [-0.15, -0.1) is 0 Å². The maximum atomic E-state index is 14.0. The molecule has 196 valence electrons. The van der Waals surface area contributed by atoms with Crippen molar-refractivity contribution in [2.75, 3.05) is 13.2 Å². The zero-order valence-electron chi connectivity index (χ0n) is 22.4. The minimum Gasteiger partial charge on any atom is -0.490 e. The Hall–Kier alpha value is -4.06. The van der Waals surface area contributed by atoms with Crippen molar-refractivity contribution in [2.24, 2.45) is 0 Å². The second-order valence-electron chi connectivity index (χ2n) is 9.77. The topological polar surface area (TPSA) is 69.0 Å². The molecule has 0 spiro atoms. The number of ether oxygens (including phenoxy) is 2. The van der Waals surface area contributed by atoms with E-state index in [-0.39, 0.29) is 17.1 Å². The van der Waals surface area contributed by atoms with E-state index in [1.165, 1.54) is 0 Å². The van der Waals surface area contributed by atoms with E-state index in [1.54, 1.807) is 4.90 Å². The quantitative estimate of drug-likeness (QED) is 0.233. The highest BCUT2D eigenvalue weighted by atomic mass is 16.5. The number of amides is 1. The van der Waals surface area contributed by atoms with E-state index in [9.17, 15) is 9.59 Å². The van der Waals surface area contributed by atoms with Crippen LogP contribution in [0.15, 0.2) is 69.9 Å².